The second-order valence-electron chi connectivity index (χ2n) is 5.48. The zero-order valence-electron chi connectivity index (χ0n) is 12.7. The van der Waals surface area contributed by atoms with E-state index in [1.54, 1.807) is 0 Å². The average Bonchev–Trinajstić information content (AvgIpc) is 2.47. The van der Waals surface area contributed by atoms with Crippen molar-refractivity contribution in [3.8, 4) is 0 Å². The summed E-state index contributed by atoms with van der Waals surface area (Å²) in [5, 5.41) is 6.81. The molecule has 0 aliphatic carbocycles. The van der Waals surface area contributed by atoms with Crippen LogP contribution in [0.3, 0.4) is 0 Å². The molecule has 0 aromatic heterocycles. The van der Waals surface area contributed by atoms with E-state index in [2.05, 4.69) is 66.9 Å². The number of piperidine rings is 1. The quantitative estimate of drug-likeness (QED) is 0.645. The lowest BCUT2D eigenvalue weighted by atomic mass is 9.96. The Balaban J connectivity index is 0.00000220. The van der Waals surface area contributed by atoms with Gasteiger partial charge in [0.15, 0.2) is 0 Å². The molecule has 3 heteroatoms. The molecule has 1 aliphatic rings. The molecule has 1 heterocycles. The molecule has 1 atom stereocenters. The molecule has 1 aromatic carbocycles. The van der Waals surface area contributed by atoms with Crippen LogP contribution in [0.4, 0.5) is 5.69 Å². The van der Waals surface area contributed by atoms with Crippen LogP contribution in [0.25, 0.3) is 0 Å². The molecule has 1 fully saturated rings. The van der Waals surface area contributed by atoms with Gasteiger partial charge in [-0.15, -0.1) is 0 Å². The number of anilines is 1. The monoisotopic (exact) mass is 273 g/mol. The molecule has 1 aliphatic heterocycles. The number of nitrogens with zero attached hydrogens (tertiary/aromatic N) is 1. The molecule has 110 valence electrons. The van der Waals surface area contributed by atoms with E-state index >= 15 is 0 Å². The molecule has 0 amide bonds. The number of benzene rings is 1. The van der Waals surface area contributed by atoms with Gasteiger partial charge in [0.05, 0.1) is 0 Å². The van der Waals surface area contributed by atoms with Gasteiger partial charge in [0.2, 0.25) is 0 Å². The van der Waals surface area contributed by atoms with Gasteiger partial charge in [0, 0.05) is 26.3 Å². The highest BCUT2D eigenvalue weighted by Crippen LogP contribution is 2.17. The first-order valence-corrected chi connectivity index (χ1v) is 7.49. The fourth-order valence-corrected chi connectivity index (χ4v) is 2.30. The van der Waals surface area contributed by atoms with Crippen LogP contribution < -0.4 is 10.6 Å². The van der Waals surface area contributed by atoms with Crippen molar-refractivity contribution >= 4 is 11.5 Å². The molecule has 0 saturated carbocycles. The smallest absolute Gasteiger partial charge is 0.106 e. The van der Waals surface area contributed by atoms with E-state index in [4.69, 9.17) is 0 Å². The molecule has 1 unspecified atom stereocenters. The van der Waals surface area contributed by atoms with E-state index in [9.17, 15) is 0 Å². The maximum absolute atomic E-state index is 4.65. The van der Waals surface area contributed by atoms with Crippen LogP contribution in [0.5, 0.6) is 0 Å². The Morgan fingerprint density at radius 1 is 1.45 bits per heavy atom. The van der Waals surface area contributed by atoms with Crippen LogP contribution in [0.15, 0.2) is 41.0 Å². The van der Waals surface area contributed by atoms with E-state index in [0.29, 0.717) is 5.92 Å². The van der Waals surface area contributed by atoms with E-state index < -0.39 is 0 Å². The lowest BCUT2D eigenvalue weighted by Crippen LogP contribution is -2.29. The van der Waals surface area contributed by atoms with Crippen molar-refractivity contribution in [3.63, 3.8) is 0 Å². The first-order valence-electron chi connectivity index (χ1n) is 7.49. The third-order valence-electron chi connectivity index (χ3n) is 3.74. The Bertz CT molecular complexity index is 491. The van der Waals surface area contributed by atoms with Gasteiger partial charge >= 0.3 is 0 Å². The summed E-state index contributed by atoms with van der Waals surface area (Å²) in [6.45, 7) is 8.62. The molecule has 0 radical (unpaired) electrons. The van der Waals surface area contributed by atoms with Gasteiger partial charge in [-0.05, 0) is 43.5 Å². The van der Waals surface area contributed by atoms with Gasteiger partial charge in [-0.25, -0.2) is 4.99 Å². The van der Waals surface area contributed by atoms with Gasteiger partial charge in [0.1, 0.15) is 5.84 Å². The summed E-state index contributed by atoms with van der Waals surface area (Å²) in [5.41, 5.74) is 3.82. The maximum atomic E-state index is 4.65. The van der Waals surface area contributed by atoms with Crippen molar-refractivity contribution in [1.82, 2.24) is 5.32 Å². The topological polar surface area (TPSA) is 36.4 Å². The minimum absolute atomic E-state index is 0. The van der Waals surface area contributed by atoms with Crippen molar-refractivity contribution in [2.75, 3.05) is 18.4 Å². The highest BCUT2D eigenvalue weighted by atomic mass is 15.0. The Labute approximate surface area is 123 Å². The van der Waals surface area contributed by atoms with E-state index in [-0.39, 0.29) is 1.43 Å². The molecule has 1 saturated heterocycles. The third kappa shape index (κ3) is 4.20. The summed E-state index contributed by atoms with van der Waals surface area (Å²) < 4.78 is 0. The molecule has 1 aromatic rings. The lowest BCUT2D eigenvalue weighted by Gasteiger charge is -2.22. The Hall–Kier alpha value is -1.61. The standard InChI is InChI=1S/C17H25N3.H2/c1-4-17(20-16-7-5-13(2)6-8-16)19-12-15-9-10-18-11-14(15)3;/h5-8,12,14,18H,4,9-11H2,1-3H3,(H,19,20);1H/b15-12-;. The largest absolute Gasteiger partial charge is 0.344 e. The molecule has 2 rings (SSSR count). The Morgan fingerprint density at radius 3 is 2.85 bits per heavy atom. The number of hydrogen-bond acceptors (Lipinski definition) is 2. The van der Waals surface area contributed by atoms with Crippen molar-refractivity contribution in [2.24, 2.45) is 10.9 Å². The molecule has 0 spiro atoms. The first kappa shape index (κ1) is 14.8. The normalized spacial score (nSPS) is 22.1. The summed E-state index contributed by atoms with van der Waals surface area (Å²) in [6.07, 6.45) is 4.07. The Morgan fingerprint density at radius 2 is 2.20 bits per heavy atom. The molecule has 2 N–H and O–H groups in total. The summed E-state index contributed by atoms with van der Waals surface area (Å²) in [4.78, 5) is 4.65. The van der Waals surface area contributed by atoms with Gasteiger partial charge in [-0.1, -0.05) is 31.5 Å². The van der Waals surface area contributed by atoms with E-state index in [1.165, 1.54) is 11.1 Å². The minimum Gasteiger partial charge on any atom is -0.344 e. The highest BCUT2D eigenvalue weighted by molar-refractivity contribution is 5.95. The summed E-state index contributed by atoms with van der Waals surface area (Å²) >= 11 is 0. The van der Waals surface area contributed by atoms with Gasteiger partial charge in [0.25, 0.3) is 0 Å². The molecular formula is C17H27N3. The maximum Gasteiger partial charge on any atom is 0.106 e. The molecule has 0 bridgehead atoms. The predicted molar refractivity (Wildman–Crippen MR) is 89.4 cm³/mol. The lowest BCUT2D eigenvalue weighted by molar-refractivity contribution is 0.500. The number of amidine groups is 1. The van der Waals surface area contributed by atoms with Crippen molar-refractivity contribution in [3.05, 3.63) is 41.6 Å². The average molecular weight is 273 g/mol. The number of hydrogen-bond donors (Lipinski definition) is 2. The second kappa shape index (κ2) is 7.25. The van der Waals surface area contributed by atoms with Crippen LogP contribution >= 0.6 is 0 Å². The van der Waals surface area contributed by atoms with Crippen LogP contribution in [0.2, 0.25) is 0 Å². The Kier molecular flexibility index (Phi) is 5.36. The van der Waals surface area contributed by atoms with Crippen LogP contribution in [-0.4, -0.2) is 18.9 Å². The number of rotatable bonds is 3. The molecule has 3 nitrogen and oxygen atoms in total. The number of aryl methyl sites for hydroxylation is 1. The molecule has 20 heavy (non-hydrogen) atoms. The summed E-state index contributed by atoms with van der Waals surface area (Å²) in [6, 6.07) is 8.42. The highest BCUT2D eigenvalue weighted by Gasteiger charge is 2.13. The summed E-state index contributed by atoms with van der Waals surface area (Å²) in [7, 11) is 0. The van der Waals surface area contributed by atoms with Crippen LogP contribution in [0.1, 0.15) is 33.7 Å². The van der Waals surface area contributed by atoms with E-state index in [0.717, 1.165) is 37.5 Å². The van der Waals surface area contributed by atoms with Crippen molar-refractivity contribution < 1.29 is 1.43 Å². The zero-order valence-corrected chi connectivity index (χ0v) is 12.7. The van der Waals surface area contributed by atoms with Crippen molar-refractivity contribution in [1.29, 1.82) is 0 Å². The zero-order chi connectivity index (χ0) is 14.4. The van der Waals surface area contributed by atoms with Gasteiger partial charge < -0.3 is 10.6 Å². The minimum atomic E-state index is 0. The second-order valence-corrected chi connectivity index (χ2v) is 5.48. The molecular weight excluding hydrogens is 246 g/mol. The summed E-state index contributed by atoms with van der Waals surface area (Å²) in [5.74, 6) is 1.61. The third-order valence-corrected chi connectivity index (χ3v) is 3.74. The van der Waals surface area contributed by atoms with E-state index in [1.807, 2.05) is 0 Å². The van der Waals surface area contributed by atoms with Gasteiger partial charge in [-0.2, -0.15) is 0 Å². The first-order chi connectivity index (χ1) is 9.69. The fraction of sp³-hybridized carbons (Fsp3) is 0.471. The van der Waals surface area contributed by atoms with Crippen LogP contribution in [-0.2, 0) is 0 Å². The number of aliphatic imine (C=N–C) groups is 1. The SMILES string of the molecule is CCC(=N/C=C1/CCNCC1C)Nc1ccc(C)cc1.[HH]. The fourth-order valence-electron chi connectivity index (χ4n) is 2.30. The van der Waals surface area contributed by atoms with Crippen molar-refractivity contribution in [2.45, 2.75) is 33.6 Å². The predicted octanol–water partition coefficient (Wildman–Crippen LogP) is 3.97. The van der Waals surface area contributed by atoms with Gasteiger partial charge in [-0.3, -0.25) is 0 Å². The van der Waals surface area contributed by atoms with Crippen LogP contribution in [0, 0.1) is 12.8 Å². The number of nitrogens with one attached hydrogen (secondary N) is 2.